The van der Waals surface area contributed by atoms with Gasteiger partial charge in [-0.15, -0.1) is 28.6 Å². The number of aliphatic imine (C=N–C) groups is 1. The molecule has 6 nitrogen and oxygen atoms in total. The molecule has 0 radical (unpaired) electrons. The zero-order valence-electron chi connectivity index (χ0n) is 39.5. The number of aromatic nitrogens is 3. The average molecular weight is 968 g/mol. The van der Waals surface area contributed by atoms with E-state index in [2.05, 4.69) is 116 Å². The predicted octanol–water partition coefficient (Wildman–Crippen LogP) is 12.5. The Balaban J connectivity index is 0.00000514. The van der Waals surface area contributed by atoms with Crippen molar-refractivity contribution in [2.45, 2.75) is 145 Å². The number of hydrogen-bond donors (Lipinski definition) is 0. The van der Waals surface area contributed by atoms with E-state index in [1.807, 2.05) is 59.9 Å². The Morgan fingerprint density at radius 3 is 2.14 bits per heavy atom. The van der Waals surface area contributed by atoms with Gasteiger partial charge in [0.15, 0.2) is 0 Å². The molecule has 2 aliphatic heterocycles. The minimum atomic E-state index is -1.90. The van der Waals surface area contributed by atoms with Crippen LogP contribution in [0.3, 0.4) is 0 Å². The van der Waals surface area contributed by atoms with Crippen LogP contribution in [0.4, 0.5) is 0 Å². The number of hydrogen-bond acceptors (Lipinski definition) is 5. The minimum Gasteiger partial charge on any atom is -0.510 e. The maximum absolute atomic E-state index is 9.76. The maximum atomic E-state index is 9.76. The Morgan fingerprint density at radius 2 is 1.47 bits per heavy atom. The minimum absolute atomic E-state index is 0. The summed E-state index contributed by atoms with van der Waals surface area (Å²) in [7, 11) is 0. The van der Waals surface area contributed by atoms with Gasteiger partial charge in [-0.25, -0.2) is 4.98 Å². The fourth-order valence-electron chi connectivity index (χ4n) is 9.49. The zero-order chi connectivity index (χ0) is 43.7. The molecule has 2 atom stereocenters. The number of aryl methyl sites for hydroxylation is 4. The summed E-state index contributed by atoms with van der Waals surface area (Å²) in [6.07, 6.45) is 0.0557. The molecule has 3 aromatic heterocycles. The molecule has 5 heterocycles. The first-order valence-electron chi connectivity index (χ1n) is 21.7. The predicted molar refractivity (Wildman–Crippen MR) is 236 cm³/mol. The molecule has 3 aliphatic rings. The van der Waals surface area contributed by atoms with Gasteiger partial charge < -0.3 is 14.0 Å². The van der Waals surface area contributed by atoms with Gasteiger partial charge in [0.1, 0.15) is 22.9 Å². The van der Waals surface area contributed by atoms with Crippen molar-refractivity contribution in [3.63, 3.8) is 0 Å². The SMILES string of the molecule is [2H]C1([2H])c2cc(C)c(C)nc2[C@@]2(C)N=C(c3[c-]c(Oc4[c-]c5c(cc4C)c4cc(C(C)(C)C)cc6c4n5-c4ncc(C)cc4C6(C)C)cc(C(C)(C)C)c3)O[C@@]12C(C)(C)C.[Pt+2]. The Hall–Kier alpha value is -4.28. The second-order valence-corrected chi connectivity index (χ2v) is 21.0. The molecule has 308 valence electrons. The number of nitrogens with zero attached hydrogens (tertiary/aromatic N) is 4. The van der Waals surface area contributed by atoms with E-state index in [0.29, 0.717) is 34.2 Å². The van der Waals surface area contributed by atoms with E-state index >= 15 is 0 Å². The second kappa shape index (κ2) is 12.9. The van der Waals surface area contributed by atoms with Gasteiger partial charge in [-0.1, -0.05) is 124 Å². The molecule has 7 heteroatoms. The van der Waals surface area contributed by atoms with Gasteiger partial charge in [0.25, 0.3) is 0 Å². The van der Waals surface area contributed by atoms with Crippen LogP contribution < -0.4 is 4.74 Å². The fraction of sp³-hybridized carbons (Fsp3) is 0.442. The van der Waals surface area contributed by atoms with E-state index in [0.717, 1.165) is 50.2 Å². The molecule has 0 fully saturated rings. The quantitative estimate of drug-likeness (QED) is 0.166. The van der Waals surface area contributed by atoms with Gasteiger partial charge in [-0.05, 0) is 77.8 Å². The van der Waals surface area contributed by atoms with Gasteiger partial charge in [0.2, 0.25) is 0 Å². The van der Waals surface area contributed by atoms with Crippen LogP contribution in [-0.2, 0) is 54.0 Å². The van der Waals surface area contributed by atoms with Crippen LogP contribution in [0.1, 0.15) is 147 Å². The third-order valence-corrected chi connectivity index (χ3v) is 13.2. The van der Waals surface area contributed by atoms with Crippen molar-refractivity contribution in [2.24, 2.45) is 10.4 Å². The van der Waals surface area contributed by atoms with E-state index in [9.17, 15) is 2.74 Å². The molecule has 0 saturated heterocycles. The van der Waals surface area contributed by atoms with Gasteiger partial charge in [-0.2, -0.15) is 6.07 Å². The number of benzene rings is 3. The van der Waals surface area contributed by atoms with E-state index < -0.39 is 22.9 Å². The molecule has 0 N–H and O–H groups in total. The Morgan fingerprint density at radius 1 is 0.797 bits per heavy atom. The number of rotatable bonds is 3. The van der Waals surface area contributed by atoms with E-state index in [1.54, 1.807) is 0 Å². The average Bonchev–Trinajstić information content (AvgIpc) is 3.68. The van der Waals surface area contributed by atoms with Crippen molar-refractivity contribution in [2.75, 3.05) is 0 Å². The monoisotopic (exact) mass is 967 g/mol. The van der Waals surface area contributed by atoms with Crippen LogP contribution in [0.15, 0.2) is 53.7 Å². The molecule has 3 aromatic carbocycles. The van der Waals surface area contributed by atoms with Gasteiger partial charge >= 0.3 is 21.1 Å². The van der Waals surface area contributed by atoms with E-state index in [1.165, 1.54) is 22.1 Å². The Bertz CT molecular complexity index is 2900. The number of fused-ring (bicyclic) bond motifs is 8. The summed E-state index contributed by atoms with van der Waals surface area (Å²) in [5.41, 5.74) is 8.71. The smallest absolute Gasteiger partial charge is 0.510 e. The largest absolute Gasteiger partial charge is 2.00 e. The normalized spacial score (nSPS) is 21.9. The topological polar surface area (TPSA) is 61.5 Å². The number of ether oxygens (including phenoxy) is 2. The van der Waals surface area contributed by atoms with Crippen molar-refractivity contribution < 1.29 is 33.3 Å². The van der Waals surface area contributed by atoms with Crippen LogP contribution >= 0.6 is 0 Å². The molecular formula is C52H58N4O2Pt. The van der Waals surface area contributed by atoms with Crippen molar-refractivity contribution in [1.82, 2.24) is 14.5 Å². The summed E-state index contributed by atoms with van der Waals surface area (Å²) in [6.45, 7) is 34.2. The number of pyridine rings is 2. The summed E-state index contributed by atoms with van der Waals surface area (Å²) < 4.78 is 35.8. The summed E-state index contributed by atoms with van der Waals surface area (Å²) >= 11 is 0. The van der Waals surface area contributed by atoms with Crippen LogP contribution in [0.2, 0.25) is 0 Å². The van der Waals surface area contributed by atoms with Crippen molar-refractivity contribution >= 4 is 27.7 Å². The molecule has 0 spiro atoms. The summed E-state index contributed by atoms with van der Waals surface area (Å²) in [4.78, 5) is 15.5. The third-order valence-electron chi connectivity index (χ3n) is 13.2. The maximum Gasteiger partial charge on any atom is 2.00 e. The van der Waals surface area contributed by atoms with Crippen molar-refractivity contribution in [3.8, 4) is 17.3 Å². The van der Waals surface area contributed by atoms with E-state index in [4.69, 9.17) is 24.4 Å². The first kappa shape index (κ1) is 38.9. The molecule has 0 bridgehead atoms. The summed E-state index contributed by atoms with van der Waals surface area (Å²) in [5.74, 6) is 2.35. The summed E-state index contributed by atoms with van der Waals surface area (Å²) in [6, 6.07) is 22.6. The fourth-order valence-corrected chi connectivity index (χ4v) is 9.49. The van der Waals surface area contributed by atoms with Gasteiger partial charge in [0, 0.05) is 54.4 Å². The van der Waals surface area contributed by atoms with E-state index in [-0.39, 0.29) is 37.3 Å². The Kier molecular flexibility index (Phi) is 8.48. The molecule has 6 aromatic rings. The molecular weight excluding hydrogens is 908 g/mol. The Labute approximate surface area is 368 Å². The van der Waals surface area contributed by atoms with Crippen LogP contribution in [0, 0.1) is 45.2 Å². The molecule has 0 saturated carbocycles. The van der Waals surface area contributed by atoms with Crippen LogP contribution in [-0.4, -0.2) is 26.0 Å². The first-order valence-corrected chi connectivity index (χ1v) is 20.7. The van der Waals surface area contributed by atoms with Crippen molar-refractivity contribution in [1.29, 1.82) is 0 Å². The van der Waals surface area contributed by atoms with Gasteiger partial charge in [-0.3, -0.25) is 9.98 Å². The molecule has 1 aliphatic carbocycles. The molecule has 9 rings (SSSR count). The van der Waals surface area contributed by atoms with Crippen LogP contribution in [0.5, 0.6) is 11.5 Å². The summed E-state index contributed by atoms with van der Waals surface area (Å²) in [5, 5.41) is 2.29. The zero-order valence-corrected chi connectivity index (χ0v) is 39.8. The molecule has 0 amide bonds. The van der Waals surface area contributed by atoms with Crippen molar-refractivity contribution in [3.05, 3.63) is 122 Å². The molecule has 0 unspecified atom stereocenters. The van der Waals surface area contributed by atoms with Gasteiger partial charge in [0.05, 0.1) is 5.69 Å². The molecule has 59 heavy (non-hydrogen) atoms. The third kappa shape index (κ3) is 5.93. The second-order valence-electron chi connectivity index (χ2n) is 21.0. The first-order chi connectivity index (χ1) is 27.6. The standard InChI is InChI=1S/C52H58N4O2.Pt/c1-28-17-40-45(53-27-28)56-41-25-42(30(3)19-37(41)38-23-35(48(8,9)10)24-39(43(38)56)50(40,14)15)57-36-21-32(20-34(22-36)47(5,6)7)46-55-51(16)44-33(18-29(2)31(4)54-44)26-52(51,58-46)49(11,12)13;/h17-20,22-24,27H,26H2,1-16H3;/q-2;+2/t51-,52-;/m1./s1/i26D2;. The van der Waals surface area contributed by atoms with Crippen LogP contribution in [0.25, 0.3) is 27.6 Å².